The summed E-state index contributed by atoms with van der Waals surface area (Å²) < 4.78 is 8.00. The molecule has 0 radical (unpaired) electrons. The van der Waals surface area contributed by atoms with Crippen LogP contribution in [0.4, 0.5) is 0 Å². The summed E-state index contributed by atoms with van der Waals surface area (Å²) in [5.41, 5.74) is 0. The van der Waals surface area contributed by atoms with Gasteiger partial charge in [-0.15, -0.1) is 0 Å². The predicted molar refractivity (Wildman–Crippen MR) is 43.3 cm³/mol. The van der Waals surface area contributed by atoms with Gasteiger partial charge in [0.25, 0.3) is 0 Å². The van der Waals surface area contributed by atoms with Crippen LogP contribution in [-0.4, -0.2) is 37.1 Å². The van der Waals surface area contributed by atoms with Crippen LogP contribution >= 0.6 is 0 Å². The van der Waals surface area contributed by atoms with Gasteiger partial charge in [-0.25, -0.2) is 0 Å². The maximum absolute atomic E-state index is 9.83. The molecule has 0 amide bonds. The first-order valence-corrected chi connectivity index (χ1v) is 3.92. The molecule has 0 unspecified atom stereocenters. The molecule has 0 atom stereocenters. The number of aliphatic carboxylic acids is 2. The van der Waals surface area contributed by atoms with Crippen LogP contribution in [0.3, 0.4) is 0 Å². The van der Waals surface area contributed by atoms with Crippen LogP contribution in [-0.2, 0) is 45.7 Å². The van der Waals surface area contributed by atoms with E-state index in [-0.39, 0.29) is 17.1 Å². The van der Waals surface area contributed by atoms with E-state index in [9.17, 15) is 29.4 Å². The molecule has 9 heteroatoms. The average molecular weight is 290 g/mol. The minimum atomic E-state index is -1.39. The molecule has 0 aromatic heterocycles. The van der Waals surface area contributed by atoms with Crippen LogP contribution in [0.15, 0.2) is 0 Å². The fourth-order valence-electron chi connectivity index (χ4n) is 0.321. The van der Waals surface area contributed by atoms with Gasteiger partial charge < -0.3 is 29.3 Å². The summed E-state index contributed by atoms with van der Waals surface area (Å²) in [5.74, 6) is -4.01. The van der Waals surface area contributed by atoms with Crippen molar-refractivity contribution in [3.05, 3.63) is 0 Å². The Morgan fingerprint density at radius 3 is 1.12 bits per heavy atom. The zero-order valence-corrected chi connectivity index (χ0v) is 10.1. The number of carboxylic acids is 2. The number of carbonyl (C=O) groups excluding carboxylic acids is 4. The Hall–Kier alpha value is -1.60. The van der Waals surface area contributed by atoms with E-state index < -0.39 is 37.1 Å². The molecule has 0 bridgehead atoms. The number of hydrogen-bond acceptors (Lipinski definition) is 8. The normalized spacial score (nSPS) is 7.65. The van der Waals surface area contributed by atoms with E-state index in [4.69, 9.17) is 0 Å². The Balaban J connectivity index is -0.000000218. The SMILES string of the molecule is CC(=O)OCC(=O)[O-].CC(=O)OCC(=O)[O-].[Fe+2]. The van der Waals surface area contributed by atoms with Crippen molar-refractivity contribution in [3.63, 3.8) is 0 Å². The van der Waals surface area contributed by atoms with Crippen LogP contribution in [0.25, 0.3) is 0 Å². The Morgan fingerprint density at radius 2 is 1.06 bits per heavy atom. The van der Waals surface area contributed by atoms with E-state index in [1.165, 1.54) is 0 Å². The van der Waals surface area contributed by atoms with Crippen LogP contribution < -0.4 is 10.2 Å². The Morgan fingerprint density at radius 1 is 0.824 bits per heavy atom. The Bertz CT molecular complexity index is 219. The minimum Gasteiger partial charge on any atom is -0.546 e. The summed E-state index contributed by atoms with van der Waals surface area (Å²) in [6, 6.07) is 0. The smallest absolute Gasteiger partial charge is 0.546 e. The maximum Gasteiger partial charge on any atom is 2.00 e. The summed E-state index contributed by atoms with van der Waals surface area (Å²) in [6.07, 6.45) is 0. The zero-order valence-electron chi connectivity index (χ0n) is 9.03. The van der Waals surface area contributed by atoms with E-state index in [2.05, 4.69) is 9.47 Å². The molecule has 0 fully saturated rings. The van der Waals surface area contributed by atoms with Gasteiger partial charge in [0.2, 0.25) is 0 Å². The summed E-state index contributed by atoms with van der Waals surface area (Å²) in [5, 5.41) is 19.0. The van der Waals surface area contributed by atoms with Crippen molar-refractivity contribution in [3.8, 4) is 0 Å². The number of carbonyl (C=O) groups is 4. The first-order chi connectivity index (χ1) is 7.25. The quantitative estimate of drug-likeness (QED) is 0.386. The standard InChI is InChI=1S/2C4H6O4.Fe/c2*1-3(5)8-2-4(6)7;/h2*2H2,1H3,(H,6,7);/q;;+2/p-2. The largest absolute Gasteiger partial charge is 2.00 e. The first-order valence-electron chi connectivity index (χ1n) is 3.92. The topological polar surface area (TPSA) is 133 Å². The molecular formula is C8H10FeO8. The van der Waals surface area contributed by atoms with E-state index in [0.717, 1.165) is 13.8 Å². The molecule has 0 aliphatic rings. The molecule has 0 rings (SSSR count). The van der Waals surface area contributed by atoms with Gasteiger partial charge in [0.15, 0.2) is 0 Å². The van der Waals surface area contributed by atoms with Gasteiger partial charge in [-0.1, -0.05) is 0 Å². The minimum absolute atomic E-state index is 0. The summed E-state index contributed by atoms with van der Waals surface area (Å²) >= 11 is 0. The van der Waals surface area contributed by atoms with Gasteiger partial charge in [-0.05, 0) is 0 Å². The number of esters is 2. The third kappa shape index (κ3) is 31.4. The molecule has 0 aliphatic carbocycles. The van der Waals surface area contributed by atoms with E-state index in [1.54, 1.807) is 0 Å². The molecule has 0 heterocycles. The van der Waals surface area contributed by atoms with Crippen LogP contribution in [0, 0.1) is 0 Å². The van der Waals surface area contributed by atoms with Crippen LogP contribution in [0.2, 0.25) is 0 Å². The van der Waals surface area contributed by atoms with Crippen molar-refractivity contribution in [2.45, 2.75) is 13.8 Å². The van der Waals surface area contributed by atoms with Crippen molar-refractivity contribution in [2.24, 2.45) is 0 Å². The van der Waals surface area contributed by atoms with Gasteiger partial charge >= 0.3 is 29.0 Å². The second-order valence-corrected chi connectivity index (χ2v) is 2.30. The van der Waals surface area contributed by atoms with E-state index >= 15 is 0 Å². The molecule has 98 valence electrons. The molecule has 0 saturated carbocycles. The number of rotatable bonds is 4. The van der Waals surface area contributed by atoms with Gasteiger partial charge in [0.1, 0.15) is 13.2 Å². The van der Waals surface area contributed by atoms with Crippen molar-refractivity contribution < 1.29 is 55.9 Å². The molecule has 0 spiro atoms. The Kier molecular flexibility index (Phi) is 15.2. The molecule has 17 heavy (non-hydrogen) atoms. The fraction of sp³-hybridized carbons (Fsp3) is 0.500. The van der Waals surface area contributed by atoms with Crippen LogP contribution in [0.1, 0.15) is 13.8 Å². The third-order valence-electron chi connectivity index (χ3n) is 0.787. The van der Waals surface area contributed by atoms with Gasteiger partial charge in [-0.2, -0.15) is 0 Å². The third-order valence-corrected chi connectivity index (χ3v) is 0.787. The summed E-state index contributed by atoms with van der Waals surface area (Å²) in [7, 11) is 0. The molecular weight excluding hydrogens is 280 g/mol. The molecule has 0 aromatic rings. The molecule has 0 aliphatic heterocycles. The second-order valence-electron chi connectivity index (χ2n) is 2.30. The first kappa shape index (κ1) is 20.8. The van der Waals surface area contributed by atoms with Gasteiger partial charge in [-0.3, -0.25) is 9.59 Å². The monoisotopic (exact) mass is 290 g/mol. The van der Waals surface area contributed by atoms with E-state index in [1.807, 2.05) is 0 Å². The van der Waals surface area contributed by atoms with Crippen molar-refractivity contribution in [1.29, 1.82) is 0 Å². The van der Waals surface area contributed by atoms with E-state index in [0.29, 0.717) is 0 Å². The van der Waals surface area contributed by atoms with Crippen molar-refractivity contribution in [2.75, 3.05) is 13.2 Å². The maximum atomic E-state index is 9.83. The zero-order chi connectivity index (χ0) is 13.1. The molecule has 0 aromatic carbocycles. The fourth-order valence-corrected chi connectivity index (χ4v) is 0.321. The number of ether oxygens (including phenoxy) is 2. The molecule has 0 saturated heterocycles. The van der Waals surface area contributed by atoms with Crippen molar-refractivity contribution in [1.82, 2.24) is 0 Å². The van der Waals surface area contributed by atoms with Gasteiger partial charge in [0.05, 0.1) is 11.9 Å². The molecule has 8 nitrogen and oxygen atoms in total. The number of carboxylic acid groups (broad SMARTS) is 2. The summed E-state index contributed by atoms with van der Waals surface area (Å²) in [4.78, 5) is 38.7. The average Bonchev–Trinajstić information content (AvgIpc) is 2.12. The summed E-state index contributed by atoms with van der Waals surface area (Å²) in [6.45, 7) is 0.941. The second kappa shape index (κ2) is 12.5. The Labute approximate surface area is 107 Å². The molecule has 0 N–H and O–H groups in total. The predicted octanol–water partition coefficient (Wildman–Crippen LogP) is -3.40. The van der Waals surface area contributed by atoms with Gasteiger partial charge in [0, 0.05) is 13.8 Å². The van der Waals surface area contributed by atoms with Crippen LogP contribution in [0.5, 0.6) is 0 Å². The number of hydrogen-bond donors (Lipinski definition) is 0. The van der Waals surface area contributed by atoms with Crippen molar-refractivity contribution >= 4 is 23.9 Å².